The molecule has 0 radical (unpaired) electrons. The lowest BCUT2D eigenvalue weighted by molar-refractivity contribution is 0.806. The van der Waals surface area contributed by atoms with Crippen LogP contribution in [0.1, 0.15) is 17.7 Å². The summed E-state index contributed by atoms with van der Waals surface area (Å²) >= 11 is 1.85. The second-order valence-electron chi connectivity index (χ2n) is 4.79. The number of nitrogens with two attached hydrogens (primary N) is 1. The van der Waals surface area contributed by atoms with Crippen LogP contribution >= 0.6 is 49.0 Å². The smallest absolute Gasteiger partial charge is 0.188 e. The first kappa shape index (κ1) is 26.1. The first-order valence-electron chi connectivity index (χ1n) is 7.32. The molecule has 6 nitrogen and oxygen atoms in total. The number of guanidine groups is 1. The Balaban J connectivity index is 0. The molecule has 0 atom stereocenters. The van der Waals surface area contributed by atoms with Gasteiger partial charge in [0.2, 0.25) is 0 Å². The fourth-order valence-corrected chi connectivity index (χ4v) is 2.67. The minimum Gasteiger partial charge on any atom is -0.370 e. The zero-order valence-corrected chi connectivity index (χ0v) is 17.0. The highest BCUT2D eigenvalue weighted by molar-refractivity contribution is 7.98. The van der Waals surface area contributed by atoms with Gasteiger partial charge in [0.25, 0.3) is 0 Å². The summed E-state index contributed by atoms with van der Waals surface area (Å²) < 4.78 is 0. The van der Waals surface area contributed by atoms with Gasteiger partial charge in [-0.2, -0.15) is 11.8 Å². The number of hydrogen-bond acceptors (Lipinski definition) is 4. The van der Waals surface area contributed by atoms with Crippen LogP contribution in [0.5, 0.6) is 0 Å². The Labute approximate surface area is 171 Å². The molecule has 0 saturated carbocycles. The van der Waals surface area contributed by atoms with Gasteiger partial charge in [-0.05, 0) is 24.5 Å². The second-order valence-corrected chi connectivity index (χ2v) is 5.89. The third-order valence-electron chi connectivity index (χ3n) is 2.99. The van der Waals surface area contributed by atoms with Gasteiger partial charge in [-0.1, -0.05) is 6.07 Å². The molecule has 0 aliphatic carbocycles. The fraction of sp³-hybridized carbons (Fsp3) is 0.400. The van der Waals surface area contributed by atoms with Gasteiger partial charge in [0.05, 0.1) is 6.33 Å². The maximum Gasteiger partial charge on any atom is 0.188 e. The summed E-state index contributed by atoms with van der Waals surface area (Å²) in [6.45, 7) is 1.54. The van der Waals surface area contributed by atoms with E-state index < -0.39 is 0 Å². The number of aliphatic imine (C=N–C) groups is 1. The van der Waals surface area contributed by atoms with E-state index in [1.165, 1.54) is 5.56 Å². The lowest BCUT2D eigenvalue weighted by Crippen LogP contribution is -2.33. The Kier molecular flexibility index (Phi) is 17.0. The van der Waals surface area contributed by atoms with Crippen molar-refractivity contribution >= 4 is 54.9 Å². The van der Waals surface area contributed by atoms with Gasteiger partial charge in [-0.25, -0.2) is 4.98 Å². The van der Waals surface area contributed by atoms with Gasteiger partial charge < -0.3 is 16.0 Å². The highest BCUT2D eigenvalue weighted by Crippen LogP contribution is 2.09. The van der Waals surface area contributed by atoms with Crippen molar-refractivity contribution in [3.8, 4) is 0 Å². The molecule has 0 unspecified atom stereocenters. The molecule has 0 aliphatic rings. The van der Waals surface area contributed by atoms with Crippen molar-refractivity contribution in [1.29, 1.82) is 0 Å². The fourth-order valence-electron chi connectivity index (χ4n) is 1.87. The molecule has 0 aliphatic heterocycles. The normalized spacial score (nSPS) is 10.2. The largest absolute Gasteiger partial charge is 0.370 e. The molecule has 0 saturated heterocycles. The summed E-state index contributed by atoms with van der Waals surface area (Å²) in [5.74, 6) is 2.47. The first-order chi connectivity index (χ1) is 10.8. The predicted molar refractivity (Wildman–Crippen MR) is 114 cm³/mol. The quantitative estimate of drug-likeness (QED) is 0.325. The summed E-state index contributed by atoms with van der Waals surface area (Å²) in [6.07, 6.45) is 9.12. The lowest BCUT2D eigenvalue weighted by Gasteiger charge is -2.05. The minimum absolute atomic E-state index is 0. The topological polar surface area (TPSA) is 92.0 Å². The van der Waals surface area contributed by atoms with E-state index in [4.69, 9.17) is 5.73 Å². The van der Waals surface area contributed by atoms with E-state index >= 15 is 0 Å². The minimum atomic E-state index is 0. The van der Waals surface area contributed by atoms with E-state index in [-0.39, 0.29) is 37.2 Å². The molecular formula is C15H25Cl3N6S. The van der Waals surface area contributed by atoms with Gasteiger partial charge >= 0.3 is 0 Å². The molecule has 0 fully saturated rings. The Morgan fingerprint density at radius 3 is 2.76 bits per heavy atom. The zero-order valence-electron chi connectivity index (χ0n) is 13.8. The van der Waals surface area contributed by atoms with Crippen molar-refractivity contribution in [1.82, 2.24) is 20.3 Å². The third-order valence-corrected chi connectivity index (χ3v) is 4.02. The first-order valence-corrected chi connectivity index (χ1v) is 8.48. The van der Waals surface area contributed by atoms with E-state index in [2.05, 4.69) is 31.3 Å². The number of aromatic nitrogens is 3. The molecule has 0 aromatic carbocycles. The number of aryl methyl sites for hydroxylation is 1. The van der Waals surface area contributed by atoms with E-state index in [9.17, 15) is 0 Å². The number of pyridine rings is 1. The van der Waals surface area contributed by atoms with Crippen LogP contribution in [-0.4, -0.2) is 39.8 Å². The van der Waals surface area contributed by atoms with Crippen LogP contribution in [-0.2, 0) is 12.2 Å². The number of aromatic amines is 1. The number of nitrogens with zero attached hydrogens (tertiary/aromatic N) is 3. The lowest BCUT2D eigenvalue weighted by atomic mass is 10.2. The Morgan fingerprint density at radius 2 is 2.08 bits per heavy atom. The molecule has 2 heterocycles. The standard InChI is InChI=1S/C15H22N6S.3ClH/c16-15(19-6-2-4-14-10-18-12-21-14)20-7-8-22-11-13-3-1-5-17-9-13;;;/h1,3,5,9-10,12H,2,4,6-8,11H2,(H,18,21)(H3,16,19,20);3*1H. The van der Waals surface area contributed by atoms with Crippen molar-refractivity contribution in [2.45, 2.75) is 18.6 Å². The maximum atomic E-state index is 5.83. The molecule has 0 amide bonds. The summed E-state index contributed by atoms with van der Waals surface area (Å²) in [6, 6.07) is 4.05. The number of rotatable bonds is 9. The molecule has 0 bridgehead atoms. The van der Waals surface area contributed by atoms with Crippen molar-refractivity contribution in [3.63, 3.8) is 0 Å². The van der Waals surface area contributed by atoms with Gasteiger partial charge in [-0.3, -0.25) is 9.98 Å². The van der Waals surface area contributed by atoms with Crippen LogP contribution in [0.25, 0.3) is 0 Å². The summed E-state index contributed by atoms with van der Waals surface area (Å²) in [5.41, 5.74) is 8.20. The Bertz CT molecular complexity index is 554. The average molecular weight is 428 g/mol. The van der Waals surface area contributed by atoms with Crippen molar-refractivity contribution in [2.75, 3.05) is 18.8 Å². The molecule has 0 spiro atoms. The van der Waals surface area contributed by atoms with Gasteiger partial charge in [-0.15, -0.1) is 37.2 Å². The monoisotopic (exact) mass is 426 g/mol. The highest BCUT2D eigenvalue weighted by Gasteiger charge is 1.96. The SMILES string of the molecule is Cl.Cl.Cl.NC(=NCCCc1cnc[nH]1)NCCSCc1cccnc1. The number of halogens is 3. The molecule has 142 valence electrons. The van der Waals surface area contributed by atoms with E-state index in [1.54, 1.807) is 12.5 Å². The van der Waals surface area contributed by atoms with Crippen LogP contribution in [0.2, 0.25) is 0 Å². The molecular weight excluding hydrogens is 403 g/mol. The summed E-state index contributed by atoms with van der Waals surface area (Å²) in [5, 5.41) is 3.13. The summed E-state index contributed by atoms with van der Waals surface area (Å²) in [7, 11) is 0. The second kappa shape index (κ2) is 16.3. The number of nitrogens with one attached hydrogen (secondary N) is 2. The van der Waals surface area contributed by atoms with Crippen LogP contribution < -0.4 is 11.1 Å². The number of thioether (sulfide) groups is 1. The molecule has 25 heavy (non-hydrogen) atoms. The van der Waals surface area contributed by atoms with Gasteiger partial charge in [0, 0.05) is 48.9 Å². The summed E-state index contributed by atoms with van der Waals surface area (Å²) in [4.78, 5) is 15.5. The molecule has 2 rings (SSSR count). The van der Waals surface area contributed by atoms with Crippen molar-refractivity contribution in [3.05, 3.63) is 48.3 Å². The molecule has 10 heteroatoms. The van der Waals surface area contributed by atoms with Crippen LogP contribution in [0.4, 0.5) is 0 Å². The van der Waals surface area contributed by atoms with E-state index in [0.717, 1.165) is 43.1 Å². The number of hydrogen-bond donors (Lipinski definition) is 3. The van der Waals surface area contributed by atoms with Crippen LogP contribution in [0, 0.1) is 0 Å². The molecule has 2 aromatic heterocycles. The van der Waals surface area contributed by atoms with E-state index in [0.29, 0.717) is 5.96 Å². The van der Waals surface area contributed by atoms with Crippen LogP contribution in [0.15, 0.2) is 42.0 Å². The van der Waals surface area contributed by atoms with E-state index in [1.807, 2.05) is 30.2 Å². The number of imidazole rings is 1. The average Bonchev–Trinajstić information content (AvgIpc) is 3.06. The molecule has 4 N–H and O–H groups in total. The van der Waals surface area contributed by atoms with Gasteiger partial charge in [0.15, 0.2) is 5.96 Å². The third kappa shape index (κ3) is 11.9. The van der Waals surface area contributed by atoms with Gasteiger partial charge in [0.1, 0.15) is 0 Å². The maximum absolute atomic E-state index is 5.83. The zero-order chi connectivity index (χ0) is 15.5. The molecule has 2 aromatic rings. The van der Waals surface area contributed by atoms with Crippen molar-refractivity contribution < 1.29 is 0 Å². The Hall–Kier alpha value is -1.15. The number of H-pyrrole nitrogens is 1. The van der Waals surface area contributed by atoms with Crippen LogP contribution in [0.3, 0.4) is 0 Å². The van der Waals surface area contributed by atoms with Crippen molar-refractivity contribution in [2.24, 2.45) is 10.7 Å². The highest BCUT2D eigenvalue weighted by atomic mass is 35.5. The predicted octanol–water partition coefficient (Wildman–Crippen LogP) is 2.84. The Morgan fingerprint density at radius 1 is 1.24 bits per heavy atom.